The van der Waals surface area contributed by atoms with E-state index in [0.717, 1.165) is 11.3 Å². The van der Waals surface area contributed by atoms with E-state index in [0.29, 0.717) is 20.9 Å². The zero-order valence-corrected chi connectivity index (χ0v) is 14.5. The van der Waals surface area contributed by atoms with Crippen molar-refractivity contribution in [3.05, 3.63) is 57.6 Å². The van der Waals surface area contributed by atoms with Gasteiger partial charge in [0.2, 0.25) is 11.1 Å². The van der Waals surface area contributed by atoms with Gasteiger partial charge in [0, 0.05) is 12.1 Å². The van der Waals surface area contributed by atoms with Gasteiger partial charge in [-0.05, 0) is 18.2 Å². The van der Waals surface area contributed by atoms with Crippen molar-refractivity contribution in [2.24, 2.45) is 10.7 Å². The number of hydrogen-bond donors (Lipinski definition) is 3. The van der Waals surface area contributed by atoms with Gasteiger partial charge in [-0.3, -0.25) is 15.4 Å². The summed E-state index contributed by atoms with van der Waals surface area (Å²) in [6, 6.07) is 10.4. The zero-order valence-electron chi connectivity index (χ0n) is 13.0. The van der Waals surface area contributed by atoms with Gasteiger partial charge < -0.3 is 11.1 Å². The predicted molar refractivity (Wildman–Crippen MR) is 101 cm³/mol. The van der Waals surface area contributed by atoms with Gasteiger partial charge in [-0.2, -0.15) is 4.99 Å². The molecule has 4 N–H and O–H groups in total. The minimum atomic E-state index is -0.615. The molecule has 0 radical (unpaired) electrons. The topological polar surface area (TPSA) is 136 Å². The first-order chi connectivity index (χ1) is 12.4. The maximum atomic E-state index is 11.9. The lowest BCUT2D eigenvalue weighted by Crippen LogP contribution is -2.39. The SMILES string of the molecule is NC(=Nc1nc2ccc([N+](=O)[O-])cc2s1)NC(=O)Nc1ccccc1Cl. The first-order valence-electron chi connectivity index (χ1n) is 7.14. The Kier molecular flexibility index (Phi) is 4.96. The average molecular weight is 391 g/mol. The number of fused-ring (bicyclic) bond motifs is 1. The van der Waals surface area contributed by atoms with Crippen LogP contribution in [0.15, 0.2) is 47.5 Å². The highest BCUT2D eigenvalue weighted by atomic mass is 35.5. The fourth-order valence-electron chi connectivity index (χ4n) is 2.03. The Morgan fingerprint density at radius 2 is 2.08 bits per heavy atom. The summed E-state index contributed by atoms with van der Waals surface area (Å²) in [5.74, 6) is -0.178. The summed E-state index contributed by atoms with van der Waals surface area (Å²) >= 11 is 7.07. The third kappa shape index (κ3) is 4.05. The monoisotopic (exact) mass is 390 g/mol. The van der Waals surface area contributed by atoms with E-state index in [1.165, 1.54) is 18.2 Å². The molecule has 0 spiro atoms. The average Bonchev–Trinajstić information content (AvgIpc) is 2.97. The number of para-hydroxylation sites is 1. The number of nitrogens with two attached hydrogens (primary N) is 1. The van der Waals surface area contributed by atoms with E-state index >= 15 is 0 Å². The van der Waals surface area contributed by atoms with Crippen LogP contribution in [0.5, 0.6) is 0 Å². The quantitative estimate of drug-likeness (QED) is 0.271. The van der Waals surface area contributed by atoms with Crippen LogP contribution >= 0.6 is 22.9 Å². The molecule has 3 rings (SSSR count). The standard InChI is InChI=1S/C15H11ClN6O3S/c16-9-3-1-2-4-10(9)18-14(23)20-13(17)21-15-19-11-6-5-8(22(24)25)7-12(11)26-15/h1-7H,(H4,17,18,19,20,21,23). The number of rotatable bonds is 3. The number of aromatic nitrogens is 1. The van der Waals surface area contributed by atoms with Crippen molar-refractivity contribution in [1.29, 1.82) is 0 Å². The Morgan fingerprint density at radius 1 is 1.31 bits per heavy atom. The van der Waals surface area contributed by atoms with E-state index in [2.05, 4.69) is 20.6 Å². The molecule has 0 bridgehead atoms. The third-order valence-corrected chi connectivity index (χ3v) is 4.39. The van der Waals surface area contributed by atoms with E-state index in [1.54, 1.807) is 24.3 Å². The second-order valence-corrected chi connectivity index (χ2v) is 6.38. The maximum absolute atomic E-state index is 11.9. The summed E-state index contributed by atoms with van der Waals surface area (Å²) in [6.07, 6.45) is 0. The molecule has 0 fully saturated rings. The number of guanidine groups is 1. The lowest BCUT2D eigenvalue weighted by molar-refractivity contribution is -0.384. The molecule has 9 nitrogen and oxygen atoms in total. The van der Waals surface area contributed by atoms with Gasteiger partial charge in [0.25, 0.3) is 5.69 Å². The van der Waals surface area contributed by atoms with Crippen LogP contribution in [0.25, 0.3) is 10.2 Å². The fourth-order valence-corrected chi connectivity index (χ4v) is 3.09. The highest BCUT2D eigenvalue weighted by molar-refractivity contribution is 7.22. The van der Waals surface area contributed by atoms with Crippen LogP contribution in [0, 0.1) is 10.1 Å². The number of urea groups is 1. The number of anilines is 1. The molecule has 26 heavy (non-hydrogen) atoms. The Labute approximate surface area is 155 Å². The summed E-state index contributed by atoms with van der Waals surface area (Å²) in [6.45, 7) is 0. The smallest absolute Gasteiger partial charge is 0.326 e. The summed E-state index contributed by atoms with van der Waals surface area (Å²) in [4.78, 5) is 30.4. The number of carbonyl (C=O) groups excluding carboxylic acids is 1. The molecule has 2 amide bonds. The largest absolute Gasteiger partial charge is 0.369 e. The minimum Gasteiger partial charge on any atom is -0.369 e. The van der Waals surface area contributed by atoms with E-state index in [-0.39, 0.29) is 16.8 Å². The van der Waals surface area contributed by atoms with Crippen LogP contribution in [-0.2, 0) is 0 Å². The number of carbonyl (C=O) groups is 1. The van der Waals surface area contributed by atoms with E-state index in [4.69, 9.17) is 17.3 Å². The van der Waals surface area contributed by atoms with E-state index < -0.39 is 11.0 Å². The molecular formula is C15H11ClN6O3S. The molecule has 0 saturated carbocycles. The number of nitro benzene ring substituents is 1. The van der Waals surface area contributed by atoms with Gasteiger partial charge in [-0.1, -0.05) is 35.1 Å². The van der Waals surface area contributed by atoms with Crippen LogP contribution in [0.4, 0.5) is 21.3 Å². The first kappa shape index (κ1) is 17.6. The summed E-state index contributed by atoms with van der Waals surface area (Å²) in [5, 5.41) is 16.3. The van der Waals surface area contributed by atoms with Gasteiger partial charge in [-0.25, -0.2) is 9.78 Å². The van der Waals surface area contributed by atoms with E-state index in [9.17, 15) is 14.9 Å². The molecule has 0 aliphatic carbocycles. The van der Waals surface area contributed by atoms with Crippen molar-refractivity contribution in [2.45, 2.75) is 0 Å². The predicted octanol–water partition coefficient (Wildman–Crippen LogP) is 3.63. The van der Waals surface area contributed by atoms with Gasteiger partial charge >= 0.3 is 6.03 Å². The molecule has 1 aromatic heterocycles. The van der Waals surface area contributed by atoms with Gasteiger partial charge in [0.15, 0.2) is 0 Å². The number of hydrogen-bond acceptors (Lipinski definition) is 6. The van der Waals surface area contributed by atoms with Crippen molar-refractivity contribution in [3.8, 4) is 0 Å². The number of nitrogens with one attached hydrogen (secondary N) is 2. The van der Waals surface area contributed by atoms with Crippen molar-refractivity contribution in [1.82, 2.24) is 10.3 Å². The number of nitrogens with zero attached hydrogens (tertiary/aromatic N) is 3. The Balaban J connectivity index is 1.73. The number of amides is 2. The summed E-state index contributed by atoms with van der Waals surface area (Å²) in [5.41, 5.74) is 6.63. The second kappa shape index (κ2) is 7.33. The van der Waals surface area contributed by atoms with Crippen LogP contribution in [0.2, 0.25) is 5.02 Å². The molecule has 0 atom stereocenters. The molecule has 0 aliphatic heterocycles. The van der Waals surface area contributed by atoms with Crippen LogP contribution in [0.3, 0.4) is 0 Å². The number of aliphatic imine (C=N–C) groups is 1. The minimum absolute atomic E-state index is 0.0399. The van der Waals surface area contributed by atoms with Gasteiger partial charge in [0.1, 0.15) is 0 Å². The van der Waals surface area contributed by atoms with Crippen LogP contribution in [-0.4, -0.2) is 21.9 Å². The van der Waals surface area contributed by atoms with Crippen molar-refractivity contribution in [2.75, 3.05) is 5.32 Å². The van der Waals surface area contributed by atoms with Gasteiger partial charge in [-0.15, -0.1) is 0 Å². The Hall–Kier alpha value is -3.24. The highest BCUT2D eigenvalue weighted by Gasteiger charge is 2.11. The molecule has 132 valence electrons. The number of benzene rings is 2. The molecule has 1 heterocycles. The number of nitro groups is 1. The van der Waals surface area contributed by atoms with Crippen molar-refractivity contribution >= 4 is 61.7 Å². The van der Waals surface area contributed by atoms with Gasteiger partial charge in [0.05, 0.1) is 25.8 Å². The molecular weight excluding hydrogens is 380 g/mol. The zero-order chi connectivity index (χ0) is 18.7. The number of non-ortho nitro benzene ring substituents is 1. The Bertz CT molecular complexity index is 1040. The van der Waals surface area contributed by atoms with Crippen LogP contribution in [0.1, 0.15) is 0 Å². The van der Waals surface area contributed by atoms with E-state index in [1.807, 2.05) is 0 Å². The molecule has 11 heteroatoms. The normalized spacial score (nSPS) is 11.3. The molecule has 0 unspecified atom stereocenters. The first-order valence-corrected chi connectivity index (χ1v) is 8.33. The molecule has 0 aliphatic rings. The van der Waals surface area contributed by atoms with Crippen molar-refractivity contribution < 1.29 is 9.72 Å². The fraction of sp³-hybridized carbons (Fsp3) is 0. The maximum Gasteiger partial charge on any atom is 0.326 e. The summed E-state index contributed by atoms with van der Waals surface area (Å²) < 4.78 is 0.589. The third-order valence-electron chi connectivity index (χ3n) is 3.15. The highest BCUT2D eigenvalue weighted by Crippen LogP contribution is 2.30. The Morgan fingerprint density at radius 3 is 2.81 bits per heavy atom. The lowest BCUT2D eigenvalue weighted by atomic mass is 10.3. The summed E-state index contributed by atoms with van der Waals surface area (Å²) in [7, 11) is 0. The van der Waals surface area contributed by atoms with Crippen molar-refractivity contribution in [3.63, 3.8) is 0 Å². The molecule has 2 aromatic carbocycles. The molecule has 0 saturated heterocycles. The van der Waals surface area contributed by atoms with Crippen LogP contribution < -0.4 is 16.4 Å². The number of thiazole rings is 1. The number of halogens is 1. The second-order valence-electron chi connectivity index (χ2n) is 4.96. The molecule has 3 aromatic rings. The lowest BCUT2D eigenvalue weighted by Gasteiger charge is -2.07.